The lowest BCUT2D eigenvalue weighted by molar-refractivity contribution is 0.0963. The summed E-state index contributed by atoms with van der Waals surface area (Å²) >= 11 is 1.40. The molecule has 8 nitrogen and oxygen atoms in total. The average molecular weight is 386 g/mol. The summed E-state index contributed by atoms with van der Waals surface area (Å²) in [7, 11) is 4.45. The van der Waals surface area contributed by atoms with Crippen LogP contribution in [0.4, 0.5) is 5.69 Å². The summed E-state index contributed by atoms with van der Waals surface area (Å²) in [5.74, 6) is -0.0981. The highest BCUT2D eigenvalue weighted by Crippen LogP contribution is 2.33. The Morgan fingerprint density at radius 1 is 1.15 bits per heavy atom. The number of benzene rings is 1. The summed E-state index contributed by atoms with van der Waals surface area (Å²) in [6, 6.07) is 4.96. The predicted molar refractivity (Wildman–Crippen MR) is 103 cm³/mol. The lowest BCUT2D eigenvalue weighted by Gasteiger charge is -2.13. The van der Waals surface area contributed by atoms with Gasteiger partial charge >= 0.3 is 0 Å². The number of fused-ring (bicyclic) bond motifs is 1. The number of amides is 2. The molecule has 0 fully saturated rings. The number of aromatic nitrogens is 2. The van der Waals surface area contributed by atoms with Crippen LogP contribution in [0.2, 0.25) is 0 Å². The zero-order chi connectivity index (χ0) is 19.6. The Balaban J connectivity index is 2.06. The van der Waals surface area contributed by atoms with E-state index in [0.29, 0.717) is 21.5 Å². The van der Waals surface area contributed by atoms with Gasteiger partial charge in [0.05, 0.1) is 46.9 Å². The van der Waals surface area contributed by atoms with E-state index in [1.54, 1.807) is 12.1 Å². The van der Waals surface area contributed by atoms with Gasteiger partial charge in [-0.2, -0.15) is 0 Å². The van der Waals surface area contributed by atoms with Crippen molar-refractivity contribution >= 4 is 39.1 Å². The molecule has 2 amide bonds. The van der Waals surface area contributed by atoms with E-state index in [4.69, 9.17) is 9.47 Å². The molecule has 0 atom stereocenters. The van der Waals surface area contributed by atoms with E-state index >= 15 is 0 Å². The Kier molecular flexibility index (Phi) is 5.22. The number of carbonyl (C=O) groups is 2. The van der Waals surface area contributed by atoms with Gasteiger partial charge in [0.15, 0.2) is 0 Å². The van der Waals surface area contributed by atoms with Crippen molar-refractivity contribution < 1.29 is 19.1 Å². The maximum Gasteiger partial charge on any atom is 0.261 e. The fourth-order valence-corrected chi connectivity index (χ4v) is 3.58. The van der Waals surface area contributed by atoms with Gasteiger partial charge in [0.2, 0.25) is 5.88 Å². The molecule has 0 aliphatic carbocycles. The minimum atomic E-state index is -0.418. The van der Waals surface area contributed by atoms with Crippen LogP contribution >= 0.6 is 11.3 Å². The number of rotatable bonds is 5. The van der Waals surface area contributed by atoms with Gasteiger partial charge in [0.1, 0.15) is 11.3 Å². The first kappa shape index (κ1) is 18.6. The number of nitrogens with one attached hydrogen (secondary N) is 2. The fraction of sp³-hybridized carbons (Fsp3) is 0.222. The van der Waals surface area contributed by atoms with Gasteiger partial charge in [0, 0.05) is 13.1 Å². The molecule has 27 heavy (non-hydrogen) atoms. The first-order chi connectivity index (χ1) is 13.0. The smallest absolute Gasteiger partial charge is 0.261 e. The summed E-state index contributed by atoms with van der Waals surface area (Å²) in [5.41, 5.74) is 1.58. The Hall–Kier alpha value is -3.20. The zero-order valence-corrected chi connectivity index (χ0v) is 16.1. The van der Waals surface area contributed by atoms with Crippen molar-refractivity contribution in [3.8, 4) is 11.6 Å². The number of aryl methyl sites for hydroxylation is 1. The van der Waals surface area contributed by atoms with Crippen LogP contribution in [0.3, 0.4) is 0 Å². The van der Waals surface area contributed by atoms with Crippen molar-refractivity contribution in [3.63, 3.8) is 0 Å². The topological polar surface area (TPSA) is 102 Å². The highest BCUT2D eigenvalue weighted by Gasteiger charge is 2.21. The molecule has 1 aromatic carbocycles. The fourth-order valence-electron chi connectivity index (χ4n) is 2.63. The summed E-state index contributed by atoms with van der Waals surface area (Å²) in [5, 5.41) is 6.12. The van der Waals surface area contributed by atoms with Crippen LogP contribution in [-0.4, -0.2) is 43.0 Å². The van der Waals surface area contributed by atoms with Crippen LogP contribution in [0.25, 0.3) is 10.2 Å². The molecule has 3 aromatic rings. The highest BCUT2D eigenvalue weighted by molar-refractivity contribution is 7.19. The Morgan fingerprint density at radius 2 is 1.93 bits per heavy atom. The van der Waals surface area contributed by atoms with Crippen molar-refractivity contribution in [2.45, 2.75) is 6.92 Å². The molecule has 0 aliphatic heterocycles. The van der Waals surface area contributed by atoms with E-state index in [1.165, 1.54) is 44.9 Å². The van der Waals surface area contributed by atoms with Crippen molar-refractivity contribution in [2.75, 3.05) is 26.6 Å². The number of pyridine rings is 1. The van der Waals surface area contributed by atoms with Gasteiger partial charge in [-0.15, -0.1) is 11.3 Å². The number of methoxy groups -OCH3 is 2. The molecule has 2 heterocycles. The molecule has 0 aliphatic rings. The molecule has 0 unspecified atom stereocenters. The van der Waals surface area contributed by atoms with Gasteiger partial charge in [-0.3, -0.25) is 9.59 Å². The average Bonchev–Trinajstić information content (AvgIpc) is 3.06. The molecule has 3 rings (SSSR count). The number of hydrogen-bond acceptors (Lipinski definition) is 7. The maximum atomic E-state index is 13.0. The Bertz CT molecular complexity index is 1030. The summed E-state index contributed by atoms with van der Waals surface area (Å²) in [4.78, 5) is 33.7. The van der Waals surface area contributed by atoms with Crippen molar-refractivity contribution in [1.82, 2.24) is 15.3 Å². The second-order valence-electron chi connectivity index (χ2n) is 5.53. The molecule has 140 valence electrons. The van der Waals surface area contributed by atoms with Crippen molar-refractivity contribution in [2.24, 2.45) is 0 Å². The van der Waals surface area contributed by atoms with Crippen LogP contribution in [0.1, 0.15) is 25.7 Å². The molecule has 0 saturated carbocycles. The monoisotopic (exact) mass is 386 g/mol. The minimum Gasteiger partial charge on any atom is -0.496 e. The van der Waals surface area contributed by atoms with E-state index in [9.17, 15) is 9.59 Å². The first-order valence-electron chi connectivity index (χ1n) is 8.00. The lowest BCUT2D eigenvalue weighted by Crippen LogP contribution is -2.22. The van der Waals surface area contributed by atoms with Crippen LogP contribution in [0.5, 0.6) is 11.6 Å². The van der Waals surface area contributed by atoms with Crippen molar-refractivity contribution in [3.05, 3.63) is 40.5 Å². The van der Waals surface area contributed by atoms with Crippen molar-refractivity contribution in [1.29, 1.82) is 0 Å². The third-order valence-corrected chi connectivity index (χ3v) is 4.89. The third kappa shape index (κ3) is 3.54. The van der Waals surface area contributed by atoms with Gasteiger partial charge in [-0.1, -0.05) is 0 Å². The molecule has 2 aromatic heterocycles. The summed E-state index contributed by atoms with van der Waals surface area (Å²) in [6.07, 6.45) is 1.38. The molecule has 2 N–H and O–H groups in total. The number of carbonyl (C=O) groups excluding carboxylic acids is 2. The summed E-state index contributed by atoms with van der Waals surface area (Å²) < 4.78 is 11.1. The zero-order valence-electron chi connectivity index (χ0n) is 15.2. The number of nitrogens with zero attached hydrogens (tertiary/aromatic N) is 2. The molecule has 0 spiro atoms. The van der Waals surface area contributed by atoms with E-state index in [2.05, 4.69) is 20.6 Å². The first-order valence-corrected chi connectivity index (χ1v) is 8.81. The molecular weight excluding hydrogens is 368 g/mol. The van der Waals surface area contributed by atoms with Gasteiger partial charge in [-0.05, 0) is 19.1 Å². The number of ether oxygens (including phenoxy) is 2. The molecular formula is C18H18N4O4S. The molecule has 0 radical (unpaired) electrons. The molecule has 0 bridgehead atoms. The van der Waals surface area contributed by atoms with Gasteiger partial charge in [0.25, 0.3) is 11.8 Å². The third-order valence-electron chi connectivity index (χ3n) is 3.88. The van der Waals surface area contributed by atoms with E-state index in [-0.39, 0.29) is 23.0 Å². The lowest BCUT2D eigenvalue weighted by atomic mass is 10.1. The highest BCUT2D eigenvalue weighted by atomic mass is 32.1. The Labute approximate surface area is 159 Å². The van der Waals surface area contributed by atoms with Crippen LogP contribution < -0.4 is 20.1 Å². The molecule has 0 saturated heterocycles. The van der Waals surface area contributed by atoms with E-state index in [1.807, 2.05) is 6.92 Å². The SMILES string of the molecule is CNC(=O)c1cc(OC)ncc1NC(=O)c1c(OC)ccc2nc(C)sc12. The number of hydrogen-bond donors (Lipinski definition) is 2. The van der Waals surface area contributed by atoms with Crippen LogP contribution in [-0.2, 0) is 0 Å². The van der Waals surface area contributed by atoms with E-state index < -0.39 is 5.91 Å². The van der Waals surface area contributed by atoms with Crippen LogP contribution in [0, 0.1) is 6.92 Å². The summed E-state index contributed by atoms with van der Waals surface area (Å²) in [6.45, 7) is 1.87. The second kappa shape index (κ2) is 7.58. The maximum absolute atomic E-state index is 13.0. The number of anilines is 1. The second-order valence-corrected chi connectivity index (χ2v) is 6.73. The quantitative estimate of drug-likeness (QED) is 0.699. The minimum absolute atomic E-state index is 0.240. The largest absolute Gasteiger partial charge is 0.496 e. The van der Waals surface area contributed by atoms with Crippen LogP contribution in [0.15, 0.2) is 24.4 Å². The normalized spacial score (nSPS) is 10.5. The number of thiazole rings is 1. The predicted octanol–water partition coefficient (Wildman–Crippen LogP) is 2.63. The molecule has 9 heteroatoms. The van der Waals surface area contributed by atoms with Gasteiger partial charge in [-0.25, -0.2) is 9.97 Å². The Morgan fingerprint density at radius 3 is 2.59 bits per heavy atom. The van der Waals surface area contributed by atoms with E-state index in [0.717, 1.165) is 5.01 Å². The standard InChI is InChI=1S/C18H18N4O4S/c1-9-21-11-5-6-13(25-3)15(16(11)27-9)18(24)22-12-8-20-14(26-4)7-10(12)17(23)19-2/h5-8H,1-4H3,(H,19,23)(H,22,24). The van der Waals surface area contributed by atoms with Gasteiger partial charge < -0.3 is 20.1 Å².